The second-order valence-corrected chi connectivity index (χ2v) is 14.6. The number of hydrogen-bond donors (Lipinski definition) is 11. The first kappa shape index (κ1) is 49.8. The van der Waals surface area contributed by atoms with Gasteiger partial charge in [0.05, 0.1) is 0 Å². The minimum Gasteiger partial charge on any atom is -0.481 e. The van der Waals surface area contributed by atoms with Gasteiger partial charge in [-0.1, -0.05) is 30.3 Å². The highest BCUT2D eigenvalue weighted by atomic mass is 125. The topological polar surface area (TPSA) is 344 Å². The highest BCUT2D eigenvalue weighted by molar-refractivity contribution is 14.1. The van der Waals surface area contributed by atoms with Crippen LogP contribution in [0.5, 0.6) is 0 Å². The third-order valence-electron chi connectivity index (χ3n) is 8.64. The van der Waals surface area contributed by atoms with Crippen molar-refractivity contribution < 1.29 is 73.5 Å². The van der Waals surface area contributed by atoms with Crippen molar-refractivity contribution in [3.8, 4) is 0 Å². The van der Waals surface area contributed by atoms with E-state index >= 15 is 0 Å². The molecule has 0 aliphatic carbocycles. The Morgan fingerprint density at radius 2 is 0.967 bits per heavy atom. The quantitative estimate of drug-likeness (QED) is 0.0434. The number of amides is 6. The summed E-state index contributed by atoms with van der Waals surface area (Å²) in [6, 6.07) is 6.23. The Morgan fingerprint density at radius 1 is 0.500 bits per heavy atom. The Balaban J connectivity index is 2.14. The lowest BCUT2D eigenvalue weighted by molar-refractivity contribution is -0.141. The number of rotatable bonds is 27. The summed E-state index contributed by atoms with van der Waals surface area (Å²) >= 11 is 2.03. The molecule has 5 atom stereocenters. The molecule has 326 valence electrons. The molecule has 0 bridgehead atoms. The summed E-state index contributed by atoms with van der Waals surface area (Å²) in [5, 5.41) is 60.4. The smallest absolute Gasteiger partial charge is 0.326 e. The molecule has 0 radical (unpaired) electrons. The van der Waals surface area contributed by atoms with Gasteiger partial charge in [-0.25, -0.2) is 14.4 Å². The minimum absolute atomic E-state index is 0.0422. The lowest BCUT2D eigenvalue weighted by atomic mass is 10.0. The first-order valence-corrected chi connectivity index (χ1v) is 19.6. The van der Waals surface area contributed by atoms with Gasteiger partial charge in [-0.3, -0.25) is 33.6 Å². The standard InChI is InChI=1S/C38H47IN6O15/c39-23-11-9-22(10-12-23)32(52)41-24(13-16-29(46)47)34(54)42-25(14-17-30(48)49)35(55)43-28(20-21-6-2-1-3-7-21)33(53)40-19-5-4-8-26(36(56)57)44-38(60)45-27(37(58)59)15-18-31(50)51/h1-3,6-7,9-12,24-28H,4-5,8,13-20H2,(H,40,53)(H,41,52)(H,42,54)(H,43,55)(H,46,47)(H,48,49)(H,50,51)(H,56,57)(H,58,59)(H2,44,45,60)/t24-,25-,26-,27-,28-/m0/s1/i39-2. The number of urea groups is 1. The molecule has 0 unspecified atom stereocenters. The Hall–Kier alpha value is -6.33. The molecular formula is C38H47IN6O15. The second-order valence-electron chi connectivity index (χ2n) is 13.3. The summed E-state index contributed by atoms with van der Waals surface area (Å²) in [5.74, 6) is -10.2. The monoisotopic (exact) mass is 952 g/mol. The van der Waals surface area contributed by atoms with E-state index in [-0.39, 0.29) is 44.2 Å². The summed E-state index contributed by atoms with van der Waals surface area (Å²) < 4.78 is 0.824. The van der Waals surface area contributed by atoms with Crippen LogP contribution in [0.2, 0.25) is 0 Å². The van der Waals surface area contributed by atoms with Gasteiger partial charge in [0.2, 0.25) is 17.7 Å². The number of unbranched alkanes of at least 4 members (excludes halogenated alkanes) is 1. The first-order chi connectivity index (χ1) is 28.4. The molecule has 0 heterocycles. The van der Waals surface area contributed by atoms with Crippen molar-refractivity contribution in [1.29, 1.82) is 0 Å². The molecule has 11 N–H and O–H groups in total. The van der Waals surface area contributed by atoms with Gasteiger partial charge in [0.1, 0.15) is 30.2 Å². The van der Waals surface area contributed by atoms with Crippen LogP contribution in [0.15, 0.2) is 54.6 Å². The van der Waals surface area contributed by atoms with Crippen LogP contribution in [-0.4, -0.2) is 122 Å². The number of carboxylic acids is 5. The van der Waals surface area contributed by atoms with E-state index in [0.29, 0.717) is 5.56 Å². The van der Waals surface area contributed by atoms with Gasteiger partial charge in [0.25, 0.3) is 5.91 Å². The number of carbonyl (C=O) groups excluding carboxylic acids is 5. The van der Waals surface area contributed by atoms with Gasteiger partial charge in [-0.15, -0.1) is 0 Å². The summed E-state index contributed by atoms with van der Waals surface area (Å²) in [5.41, 5.74) is 0.777. The molecule has 0 aromatic heterocycles. The zero-order valence-electron chi connectivity index (χ0n) is 32.1. The summed E-state index contributed by atoms with van der Waals surface area (Å²) in [7, 11) is 0. The summed E-state index contributed by atoms with van der Waals surface area (Å²) in [6.07, 6.45) is -2.87. The number of halogens is 1. The Labute approximate surface area is 356 Å². The maximum atomic E-state index is 13.7. The Bertz CT molecular complexity index is 1850. The van der Waals surface area contributed by atoms with Crippen LogP contribution >= 0.6 is 22.6 Å². The fourth-order valence-electron chi connectivity index (χ4n) is 5.47. The van der Waals surface area contributed by atoms with Crippen LogP contribution in [0.1, 0.15) is 73.7 Å². The maximum Gasteiger partial charge on any atom is 0.326 e. The van der Waals surface area contributed by atoms with E-state index in [4.69, 9.17) is 5.11 Å². The number of carboxylic acid groups (broad SMARTS) is 5. The third-order valence-corrected chi connectivity index (χ3v) is 9.36. The molecule has 6 amide bonds. The van der Waals surface area contributed by atoms with Crippen molar-refractivity contribution in [3.05, 3.63) is 69.3 Å². The minimum atomic E-state index is -1.59. The fourth-order valence-corrected chi connectivity index (χ4v) is 5.83. The molecule has 2 aromatic rings. The number of hydrogen-bond acceptors (Lipinski definition) is 10. The molecule has 0 saturated carbocycles. The maximum absolute atomic E-state index is 13.7. The molecule has 0 spiro atoms. The zero-order valence-corrected chi connectivity index (χ0v) is 34.2. The number of carbonyl (C=O) groups is 10. The van der Waals surface area contributed by atoms with Crippen LogP contribution in [0.4, 0.5) is 4.79 Å². The van der Waals surface area contributed by atoms with E-state index in [1.807, 2.05) is 27.9 Å². The Kier molecular flexibility index (Phi) is 21.5. The molecule has 0 saturated heterocycles. The van der Waals surface area contributed by atoms with E-state index in [0.717, 1.165) is 3.57 Å². The molecule has 60 heavy (non-hydrogen) atoms. The van der Waals surface area contributed by atoms with E-state index in [1.165, 1.54) is 12.1 Å². The average Bonchev–Trinajstić information content (AvgIpc) is 3.18. The van der Waals surface area contributed by atoms with E-state index in [1.54, 1.807) is 42.5 Å². The highest BCUT2D eigenvalue weighted by Gasteiger charge is 2.31. The zero-order chi connectivity index (χ0) is 44.8. The van der Waals surface area contributed by atoms with Crippen molar-refractivity contribution in [2.75, 3.05) is 6.54 Å². The second kappa shape index (κ2) is 25.9. The van der Waals surface area contributed by atoms with E-state index < -0.39 is 122 Å². The molecule has 21 nitrogen and oxygen atoms in total. The molecule has 2 rings (SSSR count). The van der Waals surface area contributed by atoms with Crippen LogP contribution < -0.4 is 31.9 Å². The lowest BCUT2D eigenvalue weighted by Crippen LogP contribution is -2.57. The van der Waals surface area contributed by atoms with E-state index in [9.17, 15) is 68.4 Å². The van der Waals surface area contributed by atoms with Crippen LogP contribution in [0.3, 0.4) is 0 Å². The van der Waals surface area contributed by atoms with Gasteiger partial charge in [0.15, 0.2) is 0 Å². The van der Waals surface area contributed by atoms with Gasteiger partial charge >= 0.3 is 35.9 Å². The van der Waals surface area contributed by atoms with Crippen molar-refractivity contribution >= 4 is 82.1 Å². The fraction of sp³-hybridized carbons (Fsp3) is 0.421. The van der Waals surface area contributed by atoms with Crippen molar-refractivity contribution in [3.63, 3.8) is 0 Å². The van der Waals surface area contributed by atoms with Crippen LogP contribution in [0.25, 0.3) is 0 Å². The normalized spacial score (nSPS) is 13.2. The molecule has 2 aromatic carbocycles. The average molecular weight is 953 g/mol. The summed E-state index contributed by atoms with van der Waals surface area (Å²) in [4.78, 5) is 123. The highest BCUT2D eigenvalue weighted by Crippen LogP contribution is 2.11. The van der Waals surface area contributed by atoms with Crippen molar-refractivity contribution in [1.82, 2.24) is 31.9 Å². The third kappa shape index (κ3) is 19.4. The van der Waals surface area contributed by atoms with Gasteiger partial charge < -0.3 is 57.4 Å². The van der Waals surface area contributed by atoms with Crippen LogP contribution in [-0.2, 0) is 44.8 Å². The number of aliphatic carboxylic acids is 5. The van der Waals surface area contributed by atoms with Crippen LogP contribution in [0, 0.1) is 3.57 Å². The van der Waals surface area contributed by atoms with Crippen molar-refractivity contribution in [2.24, 2.45) is 0 Å². The molecular weight excluding hydrogens is 905 g/mol. The van der Waals surface area contributed by atoms with Crippen molar-refractivity contribution in [2.45, 2.75) is 94.4 Å². The summed E-state index contributed by atoms with van der Waals surface area (Å²) in [6.45, 7) is -0.0422. The predicted molar refractivity (Wildman–Crippen MR) is 216 cm³/mol. The molecule has 0 aliphatic heterocycles. The molecule has 0 fully saturated rings. The first-order valence-electron chi connectivity index (χ1n) is 18.5. The van der Waals surface area contributed by atoms with Gasteiger partial charge in [-0.05, 0) is 90.9 Å². The van der Waals surface area contributed by atoms with E-state index in [2.05, 4.69) is 26.6 Å². The Morgan fingerprint density at radius 3 is 1.47 bits per heavy atom. The van der Waals surface area contributed by atoms with Gasteiger partial charge in [-0.2, -0.15) is 0 Å². The predicted octanol–water partition coefficient (Wildman–Crippen LogP) is 0.688. The lowest BCUT2D eigenvalue weighted by Gasteiger charge is -2.25. The molecule has 22 heteroatoms. The SMILES string of the molecule is O=C(O)CC[C@H](NC(=O)N[C@@H](CCCCNC(=O)[C@H](Cc1ccccc1)NC(=O)[C@H](CCC(=O)O)NC(=O)[C@H](CCC(=O)O)NC(=O)c1ccc([125I])cc1)C(=O)O)C(=O)O. The molecule has 0 aliphatic rings. The van der Waals surface area contributed by atoms with Gasteiger partial charge in [0, 0.05) is 41.4 Å². The largest absolute Gasteiger partial charge is 0.481 e. The number of nitrogens with one attached hydrogen (secondary N) is 6. The number of benzene rings is 2.